The predicted molar refractivity (Wildman–Crippen MR) is 54.7 cm³/mol. The molecule has 1 aromatic rings. The Morgan fingerprint density at radius 2 is 2.15 bits per heavy atom. The molecule has 0 fully saturated rings. The van der Waals surface area contributed by atoms with Gasteiger partial charge in [0.05, 0.1) is 6.54 Å². The zero-order valence-electron chi connectivity index (χ0n) is 7.85. The minimum Gasteiger partial charge on any atom is -0.309 e. The fourth-order valence-corrected chi connectivity index (χ4v) is 1.51. The quantitative estimate of drug-likeness (QED) is 0.629. The lowest BCUT2D eigenvalue weighted by Gasteiger charge is -2.17. The van der Waals surface area contributed by atoms with Crippen molar-refractivity contribution in [1.29, 1.82) is 0 Å². The highest BCUT2D eigenvalue weighted by atomic mass is 14.8. The lowest BCUT2D eigenvalue weighted by molar-refractivity contribution is 0.838. The van der Waals surface area contributed by atoms with Gasteiger partial charge in [0.25, 0.3) is 0 Å². The lowest BCUT2D eigenvalue weighted by Crippen LogP contribution is -2.08. The van der Waals surface area contributed by atoms with Crippen molar-refractivity contribution in [1.82, 2.24) is 5.32 Å². The molecule has 1 aliphatic rings. The van der Waals surface area contributed by atoms with Crippen LogP contribution in [-0.2, 0) is 12.8 Å². The van der Waals surface area contributed by atoms with Crippen LogP contribution in [0.2, 0.25) is 0 Å². The van der Waals surface area contributed by atoms with Crippen molar-refractivity contribution in [2.75, 3.05) is 13.6 Å². The summed E-state index contributed by atoms with van der Waals surface area (Å²) in [5, 5.41) is 3.00. The second-order valence-electron chi connectivity index (χ2n) is 3.32. The molecular weight excluding hydrogens is 158 g/mol. The SMILES string of the molecule is CNCC#Cc1ccc2c(c1)CC2. The normalized spacial score (nSPS) is 12.4. The predicted octanol–water partition coefficient (Wildman–Crippen LogP) is 1.36. The monoisotopic (exact) mass is 171 g/mol. The van der Waals surface area contributed by atoms with E-state index in [0.717, 1.165) is 12.1 Å². The van der Waals surface area contributed by atoms with E-state index in [9.17, 15) is 0 Å². The van der Waals surface area contributed by atoms with Crippen LogP contribution in [0, 0.1) is 11.8 Å². The standard InChI is InChI=1S/C12H13N/c1-13-8-2-3-10-4-5-11-6-7-12(11)9-10/h4-5,9,13H,6-8H2,1H3. The summed E-state index contributed by atoms with van der Waals surface area (Å²) in [5.74, 6) is 6.20. The minimum absolute atomic E-state index is 0.761. The smallest absolute Gasteiger partial charge is 0.0577 e. The van der Waals surface area contributed by atoms with Crippen LogP contribution in [0.4, 0.5) is 0 Å². The third-order valence-corrected chi connectivity index (χ3v) is 2.37. The summed E-state index contributed by atoms with van der Waals surface area (Å²) in [7, 11) is 1.91. The van der Waals surface area contributed by atoms with Gasteiger partial charge in [0, 0.05) is 5.56 Å². The Morgan fingerprint density at radius 3 is 2.77 bits per heavy atom. The van der Waals surface area contributed by atoms with Crippen LogP contribution in [0.25, 0.3) is 0 Å². The minimum atomic E-state index is 0.761. The molecule has 0 heterocycles. The number of fused-ring (bicyclic) bond motifs is 1. The Balaban J connectivity index is 2.14. The summed E-state index contributed by atoms with van der Waals surface area (Å²) < 4.78 is 0. The molecule has 0 atom stereocenters. The molecular formula is C12H13N. The van der Waals surface area contributed by atoms with Crippen molar-refractivity contribution >= 4 is 0 Å². The van der Waals surface area contributed by atoms with Gasteiger partial charge >= 0.3 is 0 Å². The second-order valence-corrected chi connectivity index (χ2v) is 3.32. The Morgan fingerprint density at radius 1 is 1.31 bits per heavy atom. The Labute approximate surface area is 79.2 Å². The van der Waals surface area contributed by atoms with Gasteiger partial charge in [-0.3, -0.25) is 0 Å². The number of aryl methyl sites for hydroxylation is 2. The Hall–Kier alpha value is -1.26. The molecule has 1 aliphatic carbocycles. The first kappa shape index (κ1) is 8.34. The average Bonchev–Trinajstić information content (AvgIpc) is 2.10. The van der Waals surface area contributed by atoms with E-state index in [-0.39, 0.29) is 0 Å². The van der Waals surface area contributed by atoms with Gasteiger partial charge in [0.1, 0.15) is 0 Å². The van der Waals surface area contributed by atoms with Gasteiger partial charge < -0.3 is 5.32 Å². The molecule has 0 unspecified atom stereocenters. The van der Waals surface area contributed by atoms with E-state index >= 15 is 0 Å². The number of benzene rings is 1. The fourth-order valence-electron chi connectivity index (χ4n) is 1.51. The van der Waals surface area contributed by atoms with Crippen LogP contribution in [-0.4, -0.2) is 13.6 Å². The van der Waals surface area contributed by atoms with Crippen molar-refractivity contribution < 1.29 is 0 Å². The molecule has 0 aromatic heterocycles. The van der Waals surface area contributed by atoms with Crippen LogP contribution in [0.15, 0.2) is 18.2 Å². The molecule has 1 N–H and O–H groups in total. The van der Waals surface area contributed by atoms with Gasteiger partial charge in [-0.25, -0.2) is 0 Å². The summed E-state index contributed by atoms with van der Waals surface area (Å²) in [5.41, 5.74) is 4.13. The van der Waals surface area contributed by atoms with E-state index in [2.05, 4.69) is 35.4 Å². The first-order chi connectivity index (χ1) is 6.40. The Bertz CT molecular complexity index is 368. The molecule has 0 spiro atoms. The number of hydrogen-bond acceptors (Lipinski definition) is 1. The van der Waals surface area contributed by atoms with Gasteiger partial charge in [-0.15, -0.1) is 0 Å². The molecule has 0 saturated carbocycles. The third kappa shape index (κ3) is 1.74. The second kappa shape index (κ2) is 3.64. The summed E-state index contributed by atoms with van der Waals surface area (Å²) in [4.78, 5) is 0. The van der Waals surface area contributed by atoms with Crippen molar-refractivity contribution in [3.8, 4) is 11.8 Å². The molecule has 0 saturated heterocycles. The maximum Gasteiger partial charge on any atom is 0.0577 e. The van der Waals surface area contributed by atoms with Crippen LogP contribution < -0.4 is 5.32 Å². The zero-order valence-corrected chi connectivity index (χ0v) is 7.85. The molecule has 1 heteroatoms. The van der Waals surface area contributed by atoms with Gasteiger partial charge in [0.15, 0.2) is 0 Å². The first-order valence-electron chi connectivity index (χ1n) is 4.65. The highest BCUT2D eigenvalue weighted by molar-refractivity contribution is 5.44. The average molecular weight is 171 g/mol. The maximum atomic E-state index is 3.14. The first-order valence-corrected chi connectivity index (χ1v) is 4.65. The molecule has 0 aliphatic heterocycles. The molecule has 0 bridgehead atoms. The van der Waals surface area contributed by atoms with Crippen LogP contribution in [0.5, 0.6) is 0 Å². The van der Waals surface area contributed by atoms with E-state index in [1.165, 1.54) is 24.0 Å². The summed E-state index contributed by atoms with van der Waals surface area (Å²) in [6.45, 7) is 0.761. The van der Waals surface area contributed by atoms with Crippen molar-refractivity contribution in [3.63, 3.8) is 0 Å². The highest BCUT2D eigenvalue weighted by Crippen LogP contribution is 2.23. The number of rotatable bonds is 1. The van der Waals surface area contributed by atoms with Gasteiger partial charge in [-0.1, -0.05) is 17.9 Å². The molecule has 1 aromatic carbocycles. The van der Waals surface area contributed by atoms with Crippen LogP contribution in [0.1, 0.15) is 16.7 Å². The lowest BCUT2D eigenvalue weighted by atomic mass is 9.87. The number of hydrogen-bond donors (Lipinski definition) is 1. The molecule has 2 rings (SSSR count). The molecule has 13 heavy (non-hydrogen) atoms. The fraction of sp³-hybridized carbons (Fsp3) is 0.333. The van der Waals surface area contributed by atoms with Gasteiger partial charge in [-0.2, -0.15) is 0 Å². The maximum absolute atomic E-state index is 3.14. The van der Waals surface area contributed by atoms with Crippen LogP contribution in [0.3, 0.4) is 0 Å². The summed E-state index contributed by atoms with van der Waals surface area (Å²) in [6, 6.07) is 6.52. The van der Waals surface area contributed by atoms with E-state index in [1.54, 1.807) is 0 Å². The van der Waals surface area contributed by atoms with Crippen molar-refractivity contribution in [2.45, 2.75) is 12.8 Å². The van der Waals surface area contributed by atoms with Gasteiger partial charge in [0.2, 0.25) is 0 Å². The summed E-state index contributed by atoms with van der Waals surface area (Å²) in [6.07, 6.45) is 2.48. The van der Waals surface area contributed by atoms with E-state index in [4.69, 9.17) is 0 Å². The van der Waals surface area contributed by atoms with E-state index in [1.807, 2.05) is 7.05 Å². The largest absolute Gasteiger partial charge is 0.309 e. The molecule has 0 amide bonds. The van der Waals surface area contributed by atoms with E-state index in [0.29, 0.717) is 0 Å². The van der Waals surface area contributed by atoms with Gasteiger partial charge in [-0.05, 0) is 43.1 Å². The number of nitrogens with one attached hydrogen (secondary N) is 1. The topological polar surface area (TPSA) is 12.0 Å². The van der Waals surface area contributed by atoms with Crippen LogP contribution >= 0.6 is 0 Å². The Kier molecular flexibility index (Phi) is 2.33. The third-order valence-electron chi connectivity index (χ3n) is 2.37. The molecule has 66 valence electrons. The summed E-state index contributed by atoms with van der Waals surface area (Å²) >= 11 is 0. The van der Waals surface area contributed by atoms with Crippen molar-refractivity contribution in [2.24, 2.45) is 0 Å². The van der Waals surface area contributed by atoms with E-state index < -0.39 is 0 Å². The zero-order chi connectivity index (χ0) is 9.10. The molecule has 0 radical (unpaired) electrons. The van der Waals surface area contributed by atoms with Crippen molar-refractivity contribution in [3.05, 3.63) is 34.9 Å². The highest BCUT2D eigenvalue weighted by Gasteiger charge is 2.11. The molecule has 1 nitrogen and oxygen atoms in total.